The van der Waals surface area contributed by atoms with Gasteiger partial charge in [0, 0.05) is 27.9 Å². The quantitative estimate of drug-likeness (QED) is 0.622. The fraction of sp³-hybridized carbons (Fsp3) is 0.800. The Balaban J connectivity index is 2.24. The second-order valence-electron chi connectivity index (χ2n) is 5.25. The topological polar surface area (TPSA) is 35.9 Å². The summed E-state index contributed by atoms with van der Waals surface area (Å²) in [6.07, 6.45) is 1.26. The minimum atomic E-state index is -1.01. The molecule has 1 aliphatic heterocycles. The molecule has 0 aromatic carbocycles. The molecule has 1 atom stereocenters. The lowest BCUT2D eigenvalue weighted by molar-refractivity contribution is -0.102. The Labute approximate surface area is 107 Å². The monoisotopic (exact) mass is 308 g/mol. The number of hydrazine groups is 1. The maximum atomic E-state index is 9.64. The summed E-state index contributed by atoms with van der Waals surface area (Å²) < 4.78 is 6.37. The molecule has 0 saturated carbocycles. The Kier molecular flexibility index (Phi) is 5.00. The summed E-state index contributed by atoms with van der Waals surface area (Å²) in [5.41, 5.74) is 0. The van der Waals surface area contributed by atoms with E-state index in [1.807, 2.05) is 18.3 Å². The van der Waals surface area contributed by atoms with E-state index in [1.54, 1.807) is 5.01 Å². The molecule has 0 aliphatic carbocycles. The highest BCUT2D eigenvalue weighted by atomic mass is 79.9. The van der Waals surface area contributed by atoms with E-state index < -0.39 is 14.3 Å². The molecule has 94 valence electrons. The van der Waals surface area contributed by atoms with Crippen LogP contribution in [0.25, 0.3) is 0 Å². The van der Waals surface area contributed by atoms with Gasteiger partial charge in [-0.2, -0.15) is 5.01 Å². The minimum absolute atomic E-state index is 0.493. The van der Waals surface area contributed by atoms with E-state index >= 15 is 0 Å². The smallest absolute Gasteiger partial charge is 0.157 e. The molecule has 1 aliphatic rings. The number of rotatable bonds is 5. The van der Waals surface area contributed by atoms with Crippen molar-refractivity contribution in [3.8, 4) is 0 Å². The lowest BCUT2D eigenvalue weighted by Gasteiger charge is -2.27. The largest absolute Gasteiger partial charge is 0.372 e. The summed E-state index contributed by atoms with van der Waals surface area (Å²) in [5, 5.41) is 13.2. The zero-order valence-electron chi connectivity index (χ0n) is 10.4. The molecule has 1 heterocycles. The summed E-state index contributed by atoms with van der Waals surface area (Å²) in [6.45, 7) is 8.28. The van der Waals surface area contributed by atoms with Crippen molar-refractivity contribution in [3.05, 3.63) is 10.7 Å². The lowest BCUT2D eigenvalue weighted by Crippen LogP contribution is -2.39. The van der Waals surface area contributed by atoms with Gasteiger partial charge in [-0.25, -0.2) is 0 Å². The van der Waals surface area contributed by atoms with Crippen molar-refractivity contribution in [1.82, 2.24) is 10.0 Å². The zero-order chi connectivity index (χ0) is 12.3. The van der Waals surface area contributed by atoms with E-state index in [0.29, 0.717) is 6.73 Å². The summed E-state index contributed by atoms with van der Waals surface area (Å²) in [6, 6.07) is 1.16. The fourth-order valence-corrected chi connectivity index (χ4v) is 2.57. The highest BCUT2D eigenvalue weighted by Crippen LogP contribution is 2.23. The van der Waals surface area contributed by atoms with Crippen molar-refractivity contribution in [1.29, 1.82) is 0 Å². The van der Waals surface area contributed by atoms with Gasteiger partial charge in [0.1, 0.15) is 6.73 Å². The molecule has 4 nitrogen and oxygen atoms in total. The number of hydrogen-bond donors (Lipinski definition) is 1. The van der Waals surface area contributed by atoms with Gasteiger partial charge in [-0.05, 0) is 22.0 Å². The molecule has 0 radical (unpaired) electrons. The van der Waals surface area contributed by atoms with E-state index in [-0.39, 0.29) is 0 Å². The second-order valence-corrected chi connectivity index (χ2v) is 11.8. The van der Waals surface area contributed by atoms with Gasteiger partial charge in [0.2, 0.25) is 0 Å². The van der Waals surface area contributed by atoms with Crippen LogP contribution < -0.4 is 0 Å². The Bertz CT molecular complexity index is 268. The first kappa shape index (κ1) is 14.2. The van der Waals surface area contributed by atoms with Crippen molar-refractivity contribution in [2.24, 2.45) is 0 Å². The first-order valence-electron chi connectivity index (χ1n) is 5.44. The molecule has 1 unspecified atom stereocenters. The van der Waals surface area contributed by atoms with Gasteiger partial charge < -0.3 is 9.84 Å². The number of likely N-dealkylation sites (N-methyl/N-ethyl adjacent to an activating group) is 1. The molecule has 0 spiro atoms. The van der Waals surface area contributed by atoms with Crippen molar-refractivity contribution in [2.75, 3.05) is 20.4 Å². The van der Waals surface area contributed by atoms with Crippen LogP contribution >= 0.6 is 15.9 Å². The normalized spacial score (nSPS) is 22.8. The van der Waals surface area contributed by atoms with Crippen molar-refractivity contribution in [3.63, 3.8) is 0 Å². The minimum Gasteiger partial charge on any atom is -0.372 e. The van der Waals surface area contributed by atoms with Gasteiger partial charge in [-0.3, -0.25) is 5.01 Å². The molecular formula is C10H21BrN2O2Si. The van der Waals surface area contributed by atoms with Crippen LogP contribution in [0, 0.1) is 0 Å². The zero-order valence-corrected chi connectivity index (χ0v) is 13.0. The first-order chi connectivity index (χ1) is 7.31. The van der Waals surface area contributed by atoms with Gasteiger partial charge in [-0.1, -0.05) is 19.6 Å². The van der Waals surface area contributed by atoms with Crippen molar-refractivity contribution in [2.45, 2.75) is 31.9 Å². The molecule has 0 fully saturated rings. The van der Waals surface area contributed by atoms with Crippen LogP contribution in [-0.2, 0) is 4.74 Å². The maximum absolute atomic E-state index is 9.64. The highest BCUT2D eigenvalue weighted by molar-refractivity contribution is 9.11. The number of nitrogens with zero attached hydrogens (tertiary/aromatic N) is 2. The van der Waals surface area contributed by atoms with Gasteiger partial charge in [0.15, 0.2) is 6.23 Å². The Morgan fingerprint density at radius 1 is 1.50 bits per heavy atom. The number of aliphatic hydroxyl groups excluding tert-OH is 1. The second kappa shape index (κ2) is 5.64. The molecule has 6 heteroatoms. The molecule has 0 aromatic rings. The van der Waals surface area contributed by atoms with Crippen LogP contribution in [0.3, 0.4) is 0 Å². The average molecular weight is 309 g/mol. The van der Waals surface area contributed by atoms with E-state index in [1.165, 1.54) is 0 Å². The third kappa shape index (κ3) is 4.18. The number of ether oxygens (including phenoxy) is 1. The van der Waals surface area contributed by atoms with E-state index in [2.05, 4.69) is 35.6 Å². The number of aliphatic hydroxyl groups is 1. The summed E-state index contributed by atoms with van der Waals surface area (Å²) in [5.74, 6) is 0. The van der Waals surface area contributed by atoms with Crippen molar-refractivity contribution < 1.29 is 9.84 Å². The molecule has 0 aromatic heterocycles. The molecule has 16 heavy (non-hydrogen) atoms. The van der Waals surface area contributed by atoms with Gasteiger partial charge in [0.05, 0.1) is 4.48 Å². The van der Waals surface area contributed by atoms with Crippen LogP contribution in [0.1, 0.15) is 0 Å². The molecule has 1 N–H and O–H groups in total. The van der Waals surface area contributed by atoms with Crippen LogP contribution in [0.15, 0.2) is 10.7 Å². The predicted octanol–water partition coefficient (Wildman–Crippen LogP) is 2.02. The van der Waals surface area contributed by atoms with Crippen LogP contribution in [0.5, 0.6) is 0 Å². The number of halogens is 1. The Hall–Kier alpha value is 0.117. The average Bonchev–Trinajstić information content (AvgIpc) is 2.40. The van der Waals surface area contributed by atoms with Gasteiger partial charge in [0.25, 0.3) is 0 Å². The lowest BCUT2D eigenvalue weighted by atomic mass is 10.6. The number of hydrogen-bond acceptors (Lipinski definition) is 4. The predicted molar refractivity (Wildman–Crippen MR) is 71.6 cm³/mol. The first-order valence-corrected chi connectivity index (χ1v) is 9.94. The molecule has 0 amide bonds. The molecular weight excluding hydrogens is 288 g/mol. The molecule has 0 saturated heterocycles. The van der Waals surface area contributed by atoms with Gasteiger partial charge in [-0.15, -0.1) is 0 Å². The Morgan fingerprint density at radius 3 is 2.56 bits per heavy atom. The van der Waals surface area contributed by atoms with Gasteiger partial charge >= 0.3 is 0 Å². The third-order valence-electron chi connectivity index (χ3n) is 2.50. The van der Waals surface area contributed by atoms with Crippen LogP contribution in [0.4, 0.5) is 0 Å². The third-order valence-corrected chi connectivity index (χ3v) is 4.82. The fourth-order valence-electron chi connectivity index (χ4n) is 1.28. The standard InChI is InChI=1S/C10H21BrN2O2Si/c1-12-10(14)9(11)7-13(12)8-15-5-6-16(2,3)4/h7,10,14H,5-6,8H2,1-4H3. The van der Waals surface area contributed by atoms with E-state index in [9.17, 15) is 5.11 Å². The van der Waals surface area contributed by atoms with Crippen LogP contribution in [0.2, 0.25) is 25.7 Å². The van der Waals surface area contributed by atoms with Crippen LogP contribution in [-0.4, -0.2) is 49.8 Å². The van der Waals surface area contributed by atoms with Crippen molar-refractivity contribution >= 4 is 24.0 Å². The highest BCUT2D eigenvalue weighted by Gasteiger charge is 2.26. The van der Waals surface area contributed by atoms with E-state index in [0.717, 1.165) is 17.1 Å². The molecule has 0 bridgehead atoms. The maximum Gasteiger partial charge on any atom is 0.157 e. The summed E-state index contributed by atoms with van der Waals surface area (Å²) >= 11 is 3.30. The summed E-state index contributed by atoms with van der Waals surface area (Å²) in [4.78, 5) is 0. The molecule has 1 rings (SSSR count). The Morgan fingerprint density at radius 2 is 2.12 bits per heavy atom. The SMILES string of the molecule is CN1C(O)C(Br)=CN1COCC[Si](C)(C)C. The van der Waals surface area contributed by atoms with E-state index in [4.69, 9.17) is 4.74 Å². The summed E-state index contributed by atoms with van der Waals surface area (Å²) in [7, 11) is 0.821.